The first-order valence-electron chi connectivity index (χ1n) is 7.48. The number of nitrogens with zero attached hydrogens (tertiary/aromatic N) is 2. The van der Waals surface area contributed by atoms with Crippen LogP contribution in [0.25, 0.3) is 22.3 Å². The molecule has 0 aliphatic rings. The Bertz CT molecular complexity index is 1130. The SMILES string of the molecule is CS(=O)(=O)c1cc(O)c(-c2cncc(C#N)c2)c(-c2ccc(F)cc2)c1. The number of halogens is 1. The van der Waals surface area contributed by atoms with Crippen LogP contribution in [0.4, 0.5) is 4.39 Å². The van der Waals surface area contributed by atoms with Crippen LogP contribution in [0.3, 0.4) is 0 Å². The number of nitriles is 1. The third-order valence-corrected chi connectivity index (χ3v) is 4.92. The van der Waals surface area contributed by atoms with E-state index in [9.17, 15) is 17.9 Å². The quantitative estimate of drug-likeness (QED) is 0.764. The highest BCUT2D eigenvalue weighted by Crippen LogP contribution is 2.40. The van der Waals surface area contributed by atoms with E-state index in [1.165, 1.54) is 48.8 Å². The first kappa shape index (κ1) is 17.6. The van der Waals surface area contributed by atoms with Gasteiger partial charge in [0.1, 0.15) is 17.6 Å². The zero-order valence-corrected chi connectivity index (χ0v) is 14.5. The number of aromatic hydroxyl groups is 1. The second kappa shape index (κ2) is 6.58. The largest absolute Gasteiger partial charge is 0.507 e. The molecule has 3 rings (SSSR count). The molecule has 130 valence electrons. The van der Waals surface area contributed by atoms with Crippen LogP contribution in [0.2, 0.25) is 0 Å². The van der Waals surface area contributed by atoms with Crippen LogP contribution in [-0.2, 0) is 9.84 Å². The molecule has 2 aromatic carbocycles. The molecule has 1 heterocycles. The zero-order chi connectivity index (χ0) is 18.9. The highest BCUT2D eigenvalue weighted by atomic mass is 32.2. The lowest BCUT2D eigenvalue weighted by atomic mass is 9.94. The van der Waals surface area contributed by atoms with Gasteiger partial charge < -0.3 is 5.11 Å². The van der Waals surface area contributed by atoms with Crippen molar-refractivity contribution in [3.05, 3.63) is 66.2 Å². The Balaban J connectivity index is 2.36. The lowest BCUT2D eigenvalue weighted by molar-refractivity contribution is 0.475. The maximum atomic E-state index is 13.3. The van der Waals surface area contributed by atoms with Crippen molar-refractivity contribution in [2.24, 2.45) is 0 Å². The molecule has 0 unspecified atom stereocenters. The molecule has 0 aliphatic carbocycles. The van der Waals surface area contributed by atoms with E-state index in [4.69, 9.17) is 5.26 Å². The molecule has 0 spiro atoms. The minimum absolute atomic E-state index is 0.0672. The number of benzene rings is 2. The van der Waals surface area contributed by atoms with E-state index in [0.29, 0.717) is 27.8 Å². The summed E-state index contributed by atoms with van der Waals surface area (Å²) in [5, 5.41) is 19.6. The fourth-order valence-corrected chi connectivity index (χ4v) is 3.27. The number of aromatic nitrogens is 1. The van der Waals surface area contributed by atoms with E-state index in [1.807, 2.05) is 6.07 Å². The lowest BCUT2D eigenvalue weighted by Gasteiger charge is -2.14. The second-order valence-corrected chi connectivity index (χ2v) is 7.73. The Hall–Kier alpha value is -3.24. The molecule has 26 heavy (non-hydrogen) atoms. The molecule has 7 heteroatoms. The summed E-state index contributed by atoms with van der Waals surface area (Å²) in [5.74, 6) is -0.712. The van der Waals surface area contributed by atoms with Crippen LogP contribution >= 0.6 is 0 Å². The fourth-order valence-electron chi connectivity index (χ4n) is 2.61. The van der Waals surface area contributed by atoms with Gasteiger partial charge in [0.05, 0.1) is 10.5 Å². The Morgan fingerprint density at radius 3 is 2.38 bits per heavy atom. The number of rotatable bonds is 3. The van der Waals surface area contributed by atoms with Crippen molar-refractivity contribution in [1.29, 1.82) is 5.26 Å². The van der Waals surface area contributed by atoms with Gasteiger partial charge in [0.25, 0.3) is 0 Å². The van der Waals surface area contributed by atoms with Crippen LogP contribution in [-0.4, -0.2) is 24.8 Å². The summed E-state index contributed by atoms with van der Waals surface area (Å²) >= 11 is 0. The third-order valence-electron chi connectivity index (χ3n) is 3.83. The summed E-state index contributed by atoms with van der Waals surface area (Å²) in [6, 6.07) is 11.5. The Labute approximate surface area is 149 Å². The predicted octanol–water partition coefficient (Wildman–Crippen LogP) is 3.54. The first-order valence-corrected chi connectivity index (χ1v) is 9.37. The standard InChI is InChI=1S/C19H13FN2O3S/c1-26(24,25)16-7-17(13-2-4-15(20)5-3-13)19(18(23)8-16)14-6-12(9-21)10-22-11-14/h2-8,10-11,23H,1H3. The molecule has 0 atom stereocenters. The average molecular weight is 368 g/mol. The van der Waals surface area contributed by atoms with Gasteiger partial charge in [-0.3, -0.25) is 4.98 Å². The molecule has 0 bridgehead atoms. The fraction of sp³-hybridized carbons (Fsp3) is 0.0526. The summed E-state index contributed by atoms with van der Waals surface area (Å²) in [4.78, 5) is 3.91. The molecule has 3 aromatic rings. The van der Waals surface area contributed by atoms with Gasteiger partial charge >= 0.3 is 0 Å². The van der Waals surface area contributed by atoms with Crippen molar-refractivity contribution >= 4 is 9.84 Å². The summed E-state index contributed by atoms with van der Waals surface area (Å²) in [6.45, 7) is 0. The van der Waals surface area contributed by atoms with E-state index < -0.39 is 15.7 Å². The number of pyridine rings is 1. The molecule has 5 nitrogen and oxygen atoms in total. The lowest BCUT2D eigenvalue weighted by Crippen LogP contribution is -1.99. The van der Waals surface area contributed by atoms with Crippen molar-refractivity contribution in [1.82, 2.24) is 4.98 Å². The van der Waals surface area contributed by atoms with E-state index in [2.05, 4.69) is 4.98 Å². The number of hydrogen-bond acceptors (Lipinski definition) is 5. The van der Waals surface area contributed by atoms with Gasteiger partial charge in [0.15, 0.2) is 9.84 Å². The molecule has 0 radical (unpaired) electrons. The van der Waals surface area contributed by atoms with Gasteiger partial charge in [0, 0.05) is 29.8 Å². The topological polar surface area (TPSA) is 91.1 Å². The molecular weight excluding hydrogens is 355 g/mol. The highest BCUT2D eigenvalue weighted by Gasteiger charge is 2.19. The second-order valence-electron chi connectivity index (χ2n) is 5.72. The molecule has 0 saturated carbocycles. The van der Waals surface area contributed by atoms with E-state index >= 15 is 0 Å². The highest BCUT2D eigenvalue weighted by molar-refractivity contribution is 7.90. The van der Waals surface area contributed by atoms with Crippen LogP contribution in [0, 0.1) is 17.1 Å². The van der Waals surface area contributed by atoms with Gasteiger partial charge in [-0.2, -0.15) is 5.26 Å². The molecule has 0 aliphatic heterocycles. The van der Waals surface area contributed by atoms with Crippen LogP contribution in [0.5, 0.6) is 5.75 Å². The average Bonchev–Trinajstić information content (AvgIpc) is 2.61. The van der Waals surface area contributed by atoms with Crippen molar-refractivity contribution in [3.63, 3.8) is 0 Å². The van der Waals surface area contributed by atoms with Gasteiger partial charge in [-0.05, 0) is 41.5 Å². The zero-order valence-electron chi connectivity index (χ0n) is 13.6. The molecule has 0 saturated heterocycles. The maximum Gasteiger partial charge on any atom is 0.175 e. The molecule has 0 amide bonds. The van der Waals surface area contributed by atoms with Crippen molar-refractivity contribution in [3.8, 4) is 34.1 Å². The summed E-state index contributed by atoms with van der Waals surface area (Å²) in [7, 11) is -3.58. The van der Waals surface area contributed by atoms with Crippen molar-refractivity contribution in [2.45, 2.75) is 4.90 Å². The number of phenolic OH excluding ortho intramolecular Hbond substituents is 1. The van der Waals surface area contributed by atoms with E-state index in [1.54, 1.807) is 0 Å². The van der Waals surface area contributed by atoms with Gasteiger partial charge in [-0.15, -0.1) is 0 Å². The summed E-state index contributed by atoms with van der Waals surface area (Å²) < 4.78 is 37.2. The van der Waals surface area contributed by atoms with E-state index in [0.717, 1.165) is 12.3 Å². The van der Waals surface area contributed by atoms with Gasteiger partial charge in [-0.1, -0.05) is 12.1 Å². The molecular formula is C19H13FN2O3S. The van der Waals surface area contributed by atoms with Crippen molar-refractivity contribution < 1.29 is 17.9 Å². The normalized spacial score (nSPS) is 11.1. The predicted molar refractivity (Wildman–Crippen MR) is 94.6 cm³/mol. The molecule has 1 aromatic heterocycles. The van der Waals surface area contributed by atoms with Crippen LogP contribution < -0.4 is 0 Å². The molecule has 0 fully saturated rings. The van der Waals surface area contributed by atoms with E-state index in [-0.39, 0.29) is 10.6 Å². The third kappa shape index (κ3) is 3.41. The molecule has 1 N–H and O–H groups in total. The Morgan fingerprint density at radius 1 is 1.08 bits per heavy atom. The number of sulfone groups is 1. The smallest absolute Gasteiger partial charge is 0.175 e. The minimum Gasteiger partial charge on any atom is -0.507 e. The number of phenols is 1. The van der Waals surface area contributed by atoms with Gasteiger partial charge in [-0.25, -0.2) is 12.8 Å². The van der Waals surface area contributed by atoms with Crippen molar-refractivity contribution in [2.75, 3.05) is 6.26 Å². The summed E-state index contributed by atoms with van der Waals surface area (Å²) in [6.07, 6.45) is 3.87. The minimum atomic E-state index is -3.58. The summed E-state index contributed by atoms with van der Waals surface area (Å²) in [5.41, 5.74) is 1.96. The Morgan fingerprint density at radius 2 is 1.77 bits per heavy atom. The van der Waals surface area contributed by atoms with Crippen LogP contribution in [0.1, 0.15) is 5.56 Å². The monoisotopic (exact) mass is 368 g/mol. The first-order chi connectivity index (χ1) is 12.3. The maximum absolute atomic E-state index is 13.3. The number of hydrogen-bond donors (Lipinski definition) is 1. The van der Waals surface area contributed by atoms with Crippen LogP contribution in [0.15, 0.2) is 59.8 Å². The van der Waals surface area contributed by atoms with Gasteiger partial charge in [0.2, 0.25) is 0 Å². The Kier molecular flexibility index (Phi) is 4.45.